The van der Waals surface area contributed by atoms with Crippen molar-refractivity contribution in [2.45, 2.75) is 25.8 Å². The number of amides is 2. The fourth-order valence-corrected chi connectivity index (χ4v) is 3.65. The average Bonchev–Trinajstić information content (AvgIpc) is 2.71. The number of nitro groups is 1. The van der Waals surface area contributed by atoms with E-state index in [2.05, 4.69) is 0 Å². The normalized spacial score (nSPS) is 20.8. The smallest absolute Gasteiger partial charge is 0.276 e. The number of halogens is 1. The summed E-state index contributed by atoms with van der Waals surface area (Å²) in [5.74, 6) is -1.15. The summed E-state index contributed by atoms with van der Waals surface area (Å²) < 4.78 is 13.2. The van der Waals surface area contributed by atoms with E-state index in [1.165, 1.54) is 48.2 Å². The van der Waals surface area contributed by atoms with Gasteiger partial charge in [-0.25, -0.2) is 4.39 Å². The van der Waals surface area contributed by atoms with E-state index < -0.39 is 16.4 Å². The number of likely N-dealkylation sites (N-methyl/N-ethyl adjacent to an activating group) is 2. The Morgan fingerprint density at radius 1 is 1.13 bits per heavy atom. The second kappa shape index (κ2) is 7.70. The van der Waals surface area contributed by atoms with Crippen LogP contribution in [0.25, 0.3) is 6.08 Å². The molecule has 7 nitrogen and oxygen atoms in total. The molecule has 1 fully saturated rings. The third-order valence-corrected chi connectivity index (χ3v) is 5.63. The monoisotopic (exact) mass is 411 g/mol. The standard InChI is InChI=1S/C22H22FN3O4/c1-14-6-5-7-18(26(29)30)17(14)12-19-20(27)25(4)22(2,21(28)24(19)3)13-15-8-10-16(23)11-9-15/h5-12H,13H2,1-4H3/b19-12+. The molecule has 1 unspecified atom stereocenters. The summed E-state index contributed by atoms with van der Waals surface area (Å²) in [6.07, 6.45) is 1.60. The van der Waals surface area contributed by atoms with E-state index in [4.69, 9.17) is 0 Å². The molecular formula is C22H22FN3O4. The topological polar surface area (TPSA) is 83.8 Å². The van der Waals surface area contributed by atoms with Crippen LogP contribution < -0.4 is 0 Å². The molecule has 0 spiro atoms. The number of carbonyl (C=O) groups is 2. The van der Waals surface area contributed by atoms with E-state index in [0.717, 1.165) is 0 Å². The molecule has 1 aliphatic heterocycles. The lowest BCUT2D eigenvalue weighted by Gasteiger charge is -2.45. The molecule has 2 aromatic rings. The molecule has 1 aliphatic rings. The summed E-state index contributed by atoms with van der Waals surface area (Å²) in [5, 5.41) is 11.4. The van der Waals surface area contributed by atoms with Crippen LogP contribution in [-0.2, 0) is 16.0 Å². The van der Waals surface area contributed by atoms with Crippen LogP contribution in [0.3, 0.4) is 0 Å². The minimum absolute atomic E-state index is 0.0523. The van der Waals surface area contributed by atoms with Gasteiger partial charge in [-0.1, -0.05) is 24.3 Å². The molecule has 0 N–H and O–H groups in total. The molecule has 0 aromatic heterocycles. The minimum atomic E-state index is -1.18. The van der Waals surface area contributed by atoms with E-state index in [1.807, 2.05) is 0 Å². The van der Waals surface area contributed by atoms with Crippen LogP contribution in [0.15, 0.2) is 48.2 Å². The summed E-state index contributed by atoms with van der Waals surface area (Å²) in [6.45, 7) is 3.36. The van der Waals surface area contributed by atoms with Gasteiger partial charge in [0.2, 0.25) is 0 Å². The second-order valence-corrected chi connectivity index (χ2v) is 7.60. The molecular weight excluding hydrogens is 389 g/mol. The first-order valence-electron chi connectivity index (χ1n) is 9.32. The molecule has 1 saturated heterocycles. The molecule has 1 heterocycles. The summed E-state index contributed by atoms with van der Waals surface area (Å²) in [5.41, 5.74) is 0.337. The third kappa shape index (κ3) is 3.56. The van der Waals surface area contributed by atoms with E-state index in [0.29, 0.717) is 11.1 Å². The highest BCUT2D eigenvalue weighted by Gasteiger charge is 2.48. The van der Waals surface area contributed by atoms with Crippen LogP contribution >= 0.6 is 0 Å². The quantitative estimate of drug-likeness (QED) is 0.439. The average molecular weight is 411 g/mol. The molecule has 2 amide bonds. The van der Waals surface area contributed by atoms with Crippen LogP contribution in [0, 0.1) is 22.9 Å². The molecule has 156 valence electrons. The lowest BCUT2D eigenvalue weighted by Crippen LogP contribution is -2.64. The second-order valence-electron chi connectivity index (χ2n) is 7.60. The maximum atomic E-state index is 13.3. The van der Waals surface area contributed by atoms with E-state index in [-0.39, 0.29) is 35.1 Å². The first-order chi connectivity index (χ1) is 14.1. The fourth-order valence-electron chi connectivity index (χ4n) is 3.65. The number of piperazine rings is 1. The van der Waals surface area contributed by atoms with Gasteiger partial charge in [-0.3, -0.25) is 19.7 Å². The summed E-state index contributed by atoms with van der Waals surface area (Å²) in [7, 11) is 3.00. The molecule has 2 aromatic carbocycles. The molecule has 0 aliphatic carbocycles. The van der Waals surface area contributed by atoms with Crippen molar-refractivity contribution in [3.63, 3.8) is 0 Å². The SMILES string of the molecule is Cc1cccc([N+](=O)[O-])c1/C=C1\C(=O)N(C)C(C)(Cc2ccc(F)cc2)C(=O)N1C. The van der Waals surface area contributed by atoms with Gasteiger partial charge < -0.3 is 9.80 Å². The van der Waals surface area contributed by atoms with Gasteiger partial charge in [-0.05, 0) is 43.2 Å². The van der Waals surface area contributed by atoms with Crippen molar-refractivity contribution < 1.29 is 18.9 Å². The zero-order valence-corrected chi connectivity index (χ0v) is 17.2. The number of nitro benzene ring substituents is 1. The van der Waals surface area contributed by atoms with Crippen molar-refractivity contribution in [2.24, 2.45) is 0 Å². The Balaban J connectivity index is 2.03. The van der Waals surface area contributed by atoms with Crippen molar-refractivity contribution >= 4 is 23.6 Å². The first kappa shape index (κ1) is 21.2. The largest absolute Gasteiger partial charge is 0.326 e. The van der Waals surface area contributed by atoms with Gasteiger partial charge in [0, 0.05) is 26.6 Å². The number of hydrogen-bond acceptors (Lipinski definition) is 4. The van der Waals surface area contributed by atoms with Crippen molar-refractivity contribution in [1.82, 2.24) is 9.80 Å². The Morgan fingerprint density at radius 2 is 1.77 bits per heavy atom. The number of carbonyl (C=O) groups excluding carboxylic acids is 2. The predicted octanol–water partition coefficient (Wildman–Crippen LogP) is 3.32. The lowest BCUT2D eigenvalue weighted by molar-refractivity contribution is -0.385. The number of hydrogen-bond donors (Lipinski definition) is 0. The Labute approximate surface area is 173 Å². The summed E-state index contributed by atoms with van der Waals surface area (Å²) >= 11 is 0. The fraction of sp³-hybridized carbons (Fsp3) is 0.273. The summed E-state index contributed by atoms with van der Waals surface area (Å²) in [4.78, 5) is 39.9. The van der Waals surface area contributed by atoms with Gasteiger partial charge in [0.25, 0.3) is 17.5 Å². The highest BCUT2D eigenvalue weighted by Crippen LogP contribution is 2.33. The predicted molar refractivity (Wildman–Crippen MR) is 110 cm³/mol. The van der Waals surface area contributed by atoms with Crippen molar-refractivity contribution in [2.75, 3.05) is 14.1 Å². The Kier molecular flexibility index (Phi) is 5.43. The number of nitrogens with zero attached hydrogens (tertiary/aromatic N) is 3. The van der Waals surface area contributed by atoms with Crippen molar-refractivity contribution in [3.05, 3.63) is 80.8 Å². The van der Waals surface area contributed by atoms with Crippen molar-refractivity contribution in [3.8, 4) is 0 Å². The zero-order valence-electron chi connectivity index (χ0n) is 17.2. The zero-order chi connectivity index (χ0) is 22.2. The number of aryl methyl sites for hydroxylation is 1. The van der Waals surface area contributed by atoms with E-state index in [1.54, 1.807) is 38.1 Å². The maximum absolute atomic E-state index is 13.3. The Morgan fingerprint density at radius 3 is 2.37 bits per heavy atom. The van der Waals surface area contributed by atoms with Gasteiger partial charge >= 0.3 is 0 Å². The van der Waals surface area contributed by atoms with Crippen LogP contribution in [0.2, 0.25) is 0 Å². The van der Waals surface area contributed by atoms with Crippen LogP contribution in [-0.4, -0.2) is 46.2 Å². The number of benzene rings is 2. The molecule has 30 heavy (non-hydrogen) atoms. The lowest BCUT2D eigenvalue weighted by atomic mass is 9.87. The molecule has 0 radical (unpaired) electrons. The van der Waals surface area contributed by atoms with E-state index in [9.17, 15) is 24.1 Å². The van der Waals surface area contributed by atoms with Gasteiger partial charge in [-0.15, -0.1) is 0 Å². The van der Waals surface area contributed by atoms with Gasteiger partial charge in [-0.2, -0.15) is 0 Å². The number of rotatable bonds is 4. The van der Waals surface area contributed by atoms with Crippen LogP contribution in [0.5, 0.6) is 0 Å². The molecule has 0 saturated carbocycles. The molecule has 1 atom stereocenters. The van der Waals surface area contributed by atoms with Gasteiger partial charge in [0.1, 0.15) is 17.1 Å². The van der Waals surface area contributed by atoms with Crippen LogP contribution in [0.4, 0.5) is 10.1 Å². The molecule has 0 bridgehead atoms. The van der Waals surface area contributed by atoms with Crippen molar-refractivity contribution in [1.29, 1.82) is 0 Å². The highest BCUT2D eigenvalue weighted by atomic mass is 19.1. The van der Waals surface area contributed by atoms with Gasteiger partial charge in [0.15, 0.2) is 0 Å². The molecule has 3 rings (SSSR count). The Hall–Kier alpha value is -3.55. The highest BCUT2D eigenvalue weighted by molar-refractivity contribution is 6.09. The minimum Gasteiger partial charge on any atom is -0.326 e. The maximum Gasteiger partial charge on any atom is 0.276 e. The molecule has 8 heteroatoms. The Bertz CT molecular complexity index is 1060. The first-order valence-corrected chi connectivity index (χ1v) is 9.32. The van der Waals surface area contributed by atoms with Gasteiger partial charge in [0.05, 0.1) is 10.5 Å². The van der Waals surface area contributed by atoms with Crippen LogP contribution in [0.1, 0.15) is 23.6 Å². The summed E-state index contributed by atoms with van der Waals surface area (Å²) in [6, 6.07) is 10.4. The van der Waals surface area contributed by atoms with E-state index >= 15 is 0 Å². The third-order valence-electron chi connectivity index (χ3n) is 5.63.